The highest BCUT2D eigenvalue weighted by atomic mass is 16.1. The number of piperidine rings is 1. The van der Waals surface area contributed by atoms with Crippen LogP contribution >= 0.6 is 0 Å². The van der Waals surface area contributed by atoms with Crippen LogP contribution in [0.1, 0.15) is 28.8 Å². The van der Waals surface area contributed by atoms with Crippen molar-refractivity contribution in [3.05, 3.63) is 35.4 Å². The third kappa shape index (κ3) is 4.62. The minimum absolute atomic E-state index is 0.00700. The van der Waals surface area contributed by atoms with Crippen LogP contribution in [0.4, 0.5) is 0 Å². The lowest BCUT2D eigenvalue weighted by molar-refractivity contribution is 0.0953. The van der Waals surface area contributed by atoms with Gasteiger partial charge in [0.1, 0.15) is 0 Å². The number of nitrogens with zero attached hydrogens (tertiary/aromatic N) is 1. The molecule has 1 fully saturated rings. The van der Waals surface area contributed by atoms with E-state index in [-0.39, 0.29) is 5.91 Å². The first-order valence-corrected chi connectivity index (χ1v) is 7.42. The number of hydrogen-bond donors (Lipinski definition) is 2. The van der Waals surface area contributed by atoms with E-state index < -0.39 is 0 Å². The summed E-state index contributed by atoms with van der Waals surface area (Å²) in [6, 6.07) is 8.23. The van der Waals surface area contributed by atoms with Crippen LogP contribution in [-0.4, -0.2) is 50.1 Å². The molecule has 1 aromatic rings. The third-order valence-electron chi connectivity index (χ3n) is 3.78. The average Bonchev–Trinajstić information content (AvgIpc) is 2.44. The SMILES string of the molecule is Cc1ccc(C(=O)NCCNC2CCCN(C)C2)cc1. The molecule has 0 radical (unpaired) electrons. The van der Waals surface area contributed by atoms with E-state index in [4.69, 9.17) is 0 Å². The second-order valence-corrected chi connectivity index (χ2v) is 5.68. The molecule has 2 N–H and O–H groups in total. The van der Waals surface area contributed by atoms with Gasteiger partial charge in [-0.25, -0.2) is 0 Å². The lowest BCUT2D eigenvalue weighted by Crippen LogP contribution is -2.46. The molecule has 20 heavy (non-hydrogen) atoms. The van der Waals surface area contributed by atoms with Gasteiger partial charge in [-0.2, -0.15) is 0 Å². The lowest BCUT2D eigenvalue weighted by Gasteiger charge is -2.30. The molecule has 0 bridgehead atoms. The molecule has 0 spiro atoms. The summed E-state index contributed by atoms with van der Waals surface area (Å²) >= 11 is 0. The van der Waals surface area contributed by atoms with E-state index in [1.807, 2.05) is 31.2 Å². The van der Waals surface area contributed by atoms with Crippen LogP contribution in [0, 0.1) is 6.92 Å². The van der Waals surface area contributed by atoms with E-state index in [2.05, 4.69) is 22.6 Å². The minimum Gasteiger partial charge on any atom is -0.351 e. The monoisotopic (exact) mass is 275 g/mol. The number of rotatable bonds is 5. The van der Waals surface area contributed by atoms with Gasteiger partial charge in [-0.05, 0) is 45.5 Å². The minimum atomic E-state index is 0.00700. The van der Waals surface area contributed by atoms with E-state index in [0.29, 0.717) is 12.6 Å². The van der Waals surface area contributed by atoms with Crippen molar-refractivity contribution in [2.75, 3.05) is 33.2 Å². The Bertz CT molecular complexity index is 430. The van der Waals surface area contributed by atoms with E-state index >= 15 is 0 Å². The number of benzene rings is 1. The van der Waals surface area contributed by atoms with E-state index in [1.165, 1.54) is 24.9 Å². The van der Waals surface area contributed by atoms with Gasteiger partial charge in [0.2, 0.25) is 0 Å². The number of aryl methyl sites for hydroxylation is 1. The summed E-state index contributed by atoms with van der Waals surface area (Å²) in [4.78, 5) is 14.3. The molecule has 1 aliphatic heterocycles. The Morgan fingerprint density at radius 1 is 1.30 bits per heavy atom. The molecule has 4 heteroatoms. The molecule has 1 unspecified atom stereocenters. The molecule has 1 saturated heterocycles. The van der Waals surface area contributed by atoms with Crippen LogP contribution in [0.2, 0.25) is 0 Å². The Balaban J connectivity index is 1.65. The van der Waals surface area contributed by atoms with Crippen LogP contribution in [-0.2, 0) is 0 Å². The lowest BCUT2D eigenvalue weighted by atomic mass is 10.1. The summed E-state index contributed by atoms with van der Waals surface area (Å²) in [6.07, 6.45) is 2.49. The molecule has 1 heterocycles. The zero-order chi connectivity index (χ0) is 14.4. The summed E-state index contributed by atoms with van der Waals surface area (Å²) in [5.41, 5.74) is 1.90. The first-order valence-electron chi connectivity index (χ1n) is 7.42. The predicted octanol–water partition coefficient (Wildman–Crippen LogP) is 1.41. The normalized spacial score (nSPS) is 19.8. The Morgan fingerprint density at radius 2 is 2.05 bits per heavy atom. The summed E-state index contributed by atoms with van der Waals surface area (Å²) in [6.45, 7) is 5.82. The van der Waals surface area contributed by atoms with E-state index in [9.17, 15) is 4.79 Å². The van der Waals surface area contributed by atoms with Gasteiger partial charge in [0.05, 0.1) is 0 Å². The van der Waals surface area contributed by atoms with Crippen molar-refractivity contribution >= 4 is 5.91 Å². The highest BCUT2D eigenvalue weighted by molar-refractivity contribution is 5.94. The Hall–Kier alpha value is -1.39. The van der Waals surface area contributed by atoms with Gasteiger partial charge in [0.15, 0.2) is 0 Å². The zero-order valence-corrected chi connectivity index (χ0v) is 12.5. The number of amides is 1. The van der Waals surface area contributed by atoms with Gasteiger partial charge in [0.25, 0.3) is 5.91 Å². The van der Waals surface area contributed by atoms with Crippen LogP contribution in [0.15, 0.2) is 24.3 Å². The Morgan fingerprint density at radius 3 is 2.75 bits per heavy atom. The molecule has 1 atom stereocenters. The van der Waals surface area contributed by atoms with Gasteiger partial charge >= 0.3 is 0 Å². The molecule has 0 saturated carbocycles. The number of carbonyl (C=O) groups is 1. The maximum absolute atomic E-state index is 11.9. The van der Waals surface area contributed by atoms with Crippen molar-refractivity contribution < 1.29 is 4.79 Å². The molecule has 1 amide bonds. The van der Waals surface area contributed by atoms with E-state index in [1.54, 1.807) is 0 Å². The number of likely N-dealkylation sites (tertiary alicyclic amines) is 1. The fraction of sp³-hybridized carbons (Fsp3) is 0.562. The smallest absolute Gasteiger partial charge is 0.251 e. The number of likely N-dealkylation sites (N-methyl/N-ethyl adjacent to an activating group) is 1. The van der Waals surface area contributed by atoms with Crippen LogP contribution < -0.4 is 10.6 Å². The zero-order valence-electron chi connectivity index (χ0n) is 12.5. The van der Waals surface area contributed by atoms with Gasteiger partial charge in [0, 0.05) is 31.2 Å². The van der Waals surface area contributed by atoms with Crippen molar-refractivity contribution in [1.82, 2.24) is 15.5 Å². The molecular weight excluding hydrogens is 250 g/mol. The summed E-state index contributed by atoms with van der Waals surface area (Å²) in [7, 11) is 2.16. The Kier molecular flexibility index (Phi) is 5.56. The van der Waals surface area contributed by atoms with Gasteiger partial charge < -0.3 is 15.5 Å². The van der Waals surface area contributed by atoms with Crippen molar-refractivity contribution in [2.24, 2.45) is 0 Å². The second-order valence-electron chi connectivity index (χ2n) is 5.68. The summed E-state index contributed by atoms with van der Waals surface area (Å²) in [5, 5.41) is 6.47. The first kappa shape index (κ1) is 15.0. The largest absolute Gasteiger partial charge is 0.351 e. The third-order valence-corrected chi connectivity index (χ3v) is 3.78. The first-order chi connectivity index (χ1) is 9.65. The molecular formula is C16H25N3O. The van der Waals surface area contributed by atoms with Crippen LogP contribution in [0.25, 0.3) is 0 Å². The number of carbonyl (C=O) groups excluding carboxylic acids is 1. The highest BCUT2D eigenvalue weighted by Gasteiger charge is 2.15. The average molecular weight is 275 g/mol. The van der Waals surface area contributed by atoms with Crippen LogP contribution in [0.5, 0.6) is 0 Å². The summed E-state index contributed by atoms with van der Waals surface area (Å²) in [5.74, 6) is 0.00700. The molecule has 1 aliphatic rings. The quantitative estimate of drug-likeness (QED) is 0.799. The maximum Gasteiger partial charge on any atom is 0.251 e. The van der Waals surface area contributed by atoms with Crippen molar-refractivity contribution in [2.45, 2.75) is 25.8 Å². The predicted molar refractivity (Wildman–Crippen MR) is 82.0 cm³/mol. The van der Waals surface area contributed by atoms with Crippen LogP contribution in [0.3, 0.4) is 0 Å². The fourth-order valence-corrected chi connectivity index (χ4v) is 2.59. The van der Waals surface area contributed by atoms with Gasteiger partial charge in [-0.15, -0.1) is 0 Å². The molecule has 0 aliphatic carbocycles. The van der Waals surface area contributed by atoms with Crippen molar-refractivity contribution in [1.29, 1.82) is 0 Å². The maximum atomic E-state index is 11.9. The number of hydrogen-bond acceptors (Lipinski definition) is 3. The highest BCUT2D eigenvalue weighted by Crippen LogP contribution is 2.07. The molecule has 110 valence electrons. The van der Waals surface area contributed by atoms with E-state index in [0.717, 1.165) is 18.7 Å². The second kappa shape index (κ2) is 7.41. The standard InChI is InChI=1S/C16H25N3O/c1-13-5-7-14(8-6-13)16(20)18-10-9-17-15-4-3-11-19(2)12-15/h5-8,15,17H,3-4,9-12H2,1-2H3,(H,18,20). The van der Waals surface area contributed by atoms with Crippen molar-refractivity contribution in [3.8, 4) is 0 Å². The van der Waals surface area contributed by atoms with Gasteiger partial charge in [-0.1, -0.05) is 17.7 Å². The van der Waals surface area contributed by atoms with Gasteiger partial charge in [-0.3, -0.25) is 4.79 Å². The Labute approximate surface area is 121 Å². The topological polar surface area (TPSA) is 44.4 Å². The van der Waals surface area contributed by atoms with Crippen molar-refractivity contribution in [3.63, 3.8) is 0 Å². The molecule has 2 rings (SSSR count). The molecule has 4 nitrogen and oxygen atoms in total. The fourth-order valence-electron chi connectivity index (χ4n) is 2.59. The molecule has 1 aromatic carbocycles. The molecule has 0 aromatic heterocycles. The summed E-state index contributed by atoms with van der Waals surface area (Å²) < 4.78 is 0. The number of nitrogens with one attached hydrogen (secondary N) is 2.